The molecule has 1 aliphatic heterocycles. The standard InChI is InChI=1S/C17H23N3OS/c1-12(2)16(21)18-11-13-7-9-20(10-8-13)17-19-14-5-3-4-6-15(14)22-17/h3-6,12-13H,7-11H2,1-2H3,(H,18,21). The van der Waals surface area contributed by atoms with Crippen molar-refractivity contribution < 1.29 is 4.79 Å². The van der Waals surface area contributed by atoms with Crippen LogP contribution >= 0.6 is 11.3 Å². The van der Waals surface area contributed by atoms with Gasteiger partial charge in [-0.1, -0.05) is 37.3 Å². The number of fused-ring (bicyclic) bond motifs is 1. The Morgan fingerprint density at radius 3 is 2.77 bits per heavy atom. The topological polar surface area (TPSA) is 45.2 Å². The van der Waals surface area contributed by atoms with Crippen LogP contribution in [0, 0.1) is 11.8 Å². The first kappa shape index (κ1) is 15.3. The zero-order chi connectivity index (χ0) is 15.5. The largest absolute Gasteiger partial charge is 0.356 e. The fourth-order valence-electron chi connectivity index (χ4n) is 2.77. The zero-order valence-corrected chi connectivity index (χ0v) is 14.0. The van der Waals surface area contributed by atoms with Crippen LogP contribution in [0.4, 0.5) is 5.13 Å². The summed E-state index contributed by atoms with van der Waals surface area (Å²) in [6.45, 7) is 6.74. The zero-order valence-electron chi connectivity index (χ0n) is 13.2. The van der Waals surface area contributed by atoms with E-state index in [0.717, 1.165) is 43.1 Å². The second kappa shape index (κ2) is 6.65. The molecule has 0 aliphatic carbocycles. The molecule has 22 heavy (non-hydrogen) atoms. The van der Waals surface area contributed by atoms with Crippen LogP contribution in [0.3, 0.4) is 0 Å². The van der Waals surface area contributed by atoms with Gasteiger partial charge in [-0.05, 0) is 30.9 Å². The first-order chi connectivity index (χ1) is 10.6. The predicted molar refractivity (Wildman–Crippen MR) is 92.4 cm³/mol. The summed E-state index contributed by atoms with van der Waals surface area (Å²) in [4.78, 5) is 18.8. The van der Waals surface area contributed by atoms with Gasteiger partial charge in [-0.3, -0.25) is 4.79 Å². The lowest BCUT2D eigenvalue weighted by atomic mass is 9.97. The van der Waals surface area contributed by atoms with E-state index >= 15 is 0 Å². The Labute approximate surface area is 135 Å². The number of amides is 1. The van der Waals surface area contributed by atoms with E-state index in [-0.39, 0.29) is 11.8 Å². The number of para-hydroxylation sites is 1. The highest BCUT2D eigenvalue weighted by Crippen LogP contribution is 2.31. The lowest BCUT2D eigenvalue weighted by Crippen LogP contribution is -2.39. The summed E-state index contributed by atoms with van der Waals surface area (Å²) in [5.74, 6) is 0.824. The summed E-state index contributed by atoms with van der Waals surface area (Å²) < 4.78 is 1.25. The number of anilines is 1. The number of rotatable bonds is 4. The van der Waals surface area contributed by atoms with E-state index in [1.165, 1.54) is 4.70 Å². The third kappa shape index (κ3) is 3.40. The molecular formula is C17H23N3OS. The Hall–Kier alpha value is -1.62. The Morgan fingerprint density at radius 1 is 1.36 bits per heavy atom. The van der Waals surface area contributed by atoms with Crippen LogP contribution in [0.1, 0.15) is 26.7 Å². The van der Waals surface area contributed by atoms with Gasteiger partial charge in [0.25, 0.3) is 0 Å². The first-order valence-corrected chi connectivity index (χ1v) is 8.83. The molecular weight excluding hydrogens is 294 g/mol. The fraction of sp³-hybridized carbons (Fsp3) is 0.529. The fourth-order valence-corrected chi connectivity index (χ4v) is 3.79. The van der Waals surface area contributed by atoms with Gasteiger partial charge in [-0.2, -0.15) is 0 Å². The molecule has 3 rings (SSSR count). The van der Waals surface area contributed by atoms with Crippen LogP contribution in [-0.2, 0) is 4.79 Å². The highest BCUT2D eigenvalue weighted by molar-refractivity contribution is 7.22. The van der Waals surface area contributed by atoms with E-state index < -0.39 is 0 Å². The molecule has 0 atom stereocenters. The van der Waals surface area contributed by atoms with Crippen molar-refractivity contribution in [2.75, 3.05) is 24.5 Å². The van der Waals surface area contributed by atoms with Crippen molar-refractivity contribution in [2.45, 2.75) is 26.7 Å². The van der Waals surface area contributed by atoms with Gasteiger partial charge in [0, 0.05) is 25.6 Å². The van der Waals surface area contributed by atoms with Crippen molar-refractivity contribution in [3.8, 4) is 0 Å². The van der Waals surface area contributed by atoms with Crippen molar-refractivity contribution in [1.82, 2.24) is 10.3 Å². The third-order valence-corrected chi connectivity index (χ3v) is 5.35. The van der Waals surface area contributed by atoms with Gasteiger partial charge in [0.2, 0.25) is 5.91 Å². The summed E-state index contributed by atoms with van der Waals surface area (Å²) >= 11 is 1.77. The number of nitrogens with one attached hydrogen (secondary N) is 1. The average molecular weight is 317 g/mol. The third-order valence-electron chi connectivity index (χ3n) is 4.26. The first-order valence-electron chi connectivity index (χ1n) is 8.01. The Balaban J connectivity index is 1.54. The maximum atomic E-state index is 11.6. The molecule has 1 aromatic carbocycles. The van der Waals surface area contributed by atoms with Gasteiger partial charge in [0.05, 0.1) is 10.2 Å². The predicted octanol–water partition coefficient (Wildman–Crippen LogP) is 3.28. The minimum atomic E-state index is 0.0721. The molecule has 1 fully saturated rings. The molecule has 2 heterocycles. The normalized spacial score (nSPS) is 16.4. The average Bonchev–Trinajstić information content (AvgIpc) is 2.97. The lowest BCUT2D eigenvalue weighted by Gasteiger charge is -2.31. The van der Waals surface area contributed by atoms with Crippen molar-refractivity contribution in [3.63, 3.8) is 0 Å². The molecule has 1 saturated heterocycles. The number of benzene rings is 1. The number of aromatic nitrogens is 1. The van der Waals surface area contributed by atoms with Gasteiger partial charge in [-0.15, -0.1) is 0 Å². The number of nitrogens with zero attached hydrogens (tertiary/aromatic N) is 2. The minimum absolute atomic E-state index is 0.0721. The van der Waals surface area contributed by atoms with E-state index in [1.807, 2.05) is 19.9 Å². The van der Waals surface area contributed by atoms with E-state index in [9.17, 15) is 4.79 Å². The number of thiazole rings is 1. The molecule has 4 nitrogen and oxygen atoms in total. The van der Waals surface area contributed by atoms with Crippen LogP contribution in [0.15, 0.2) is 24.3 Å². The monoisotopic (exact) mass is 317 g/mol. The summed E-state index contributed by atoms with van der Waals surface area (Å²) in [5.41, 5.74) is 1.09. The summed E-state index contributed by atoms with van der Waals surface area (Å²) in [6.07, 6.45) is 2.24. The van der Waals surface area contributed by atoms with Crippen molar-refractivity contribution >= 4 is 32.6 Å². The molecule has 0 radical (unpaired) electrons. The number of piperidine rings is 1. The molecule has 118 valence electrons. The van der Waals surface area contributed by atoms with E-state index in [1.54, 1.807) is 11.3 Å². The second-order valence-electron chi connectivity index (χ2n) is 6.29. The molecule has 1 amide bonds. The Kier molecular flexibility index (Phi) is 4.62. The molecule has 1 N–H and O–H groups in total. The number of hydrogen-bond donors (Lipinski definition) is 1. The van der Waals surface area contributed by atoms with E-state index in [0.29, 0.717) is 5.92 Å². The highest BCUT2D eigenvalue weighted by Gasteiger charge is 2.22. The van der Waals surface area contributed by atoms with E-state index in [4.69, 9.17) is 4.98 Å². The SMILES string of the molecule is CC(C)C(=O)NCC1CCN(c2nc3ccccc3s2)CC1. The maximum Gasteiger partial charge on any atom is 0.222 e. The molecule has 1 aromatic heterocycles. The van der Waals surface area contributed by atoms with Crippen LogP contribution in [0.2, 0.25) is 0 Å². The second-order valence-corrected chi connectivity index (χ2v) is 7.30. The van der Waals surface area contributed by atoms with Crippen molar-refractivity contribution in [2.24, 2.45) is 11.8 Å². The molecule has 0 unspecified atom stereocenters. The Bertz CT molecular complexity index is 611. The van der Waals surface area contributed by atoms with Crippen molar-refractivity contribution in [1.29, 1.82) is 0 Å². The molecule has 5 heteroatoms. The Morgan fingerprint density at radius 2 is 2.09 bits per heavy atom. The quantitative estimate of drug-likeness (QED) is 0.941. The van der Waals surface area contributed by atoms with Crippen LogP contribution in [0.5, 0.6) is 0 Å². The maximum absolute atomic E-state index is 11.6. The van der Waals surface area contributed by atoms with Crippen LogP contribution < -0.4 is 10.2 Å². The molecule has 1 aliphatic rings. The van der Waals surface area contributed by atoms with Gasteiger partial charge < -0.3 is 10.2 Å². The molecule has 0 bridgehead atoms. The minimum Gasteiger partial charge on any atom is -0.356 e. The molecule has 0 saturated carbocycles. The smallest absolute Gasteiger partial charge is 0.222 e. The van der Waals surface area contributed by atoms with Gasteiger partial charge in [0.1, 0.15) is 0 Å². The van der Waals surface area contributed by atoms with Crippen molar-refractivity contribution in [3.05, 3.63) is 24.3 Å². The van der Waals surface area contributed by atoms with Crippen LogP contribution in [-0.4, -0.2) is 30.5 Å². The van der Waals surface area contributed by atoms with Crippen LogP contribution in [0.25, 0.3) is 10.2 Å². The highest BCUT2D eigenvalue weighted by atomic mass is 32.1. The van der Waals surface area contributed by atoms with Gasteiger partial charge in [-0.25, -0.2) is 4.98 Å². The number of hydrogen-bond acceptors (Lipinski definition) is 4. The van der Waals surface area contributed by atoms with Gasteiger partial charge in [0.15, 0.2) is 5.13 Å². The lowest BCUT2D eigenvalue weighted by molar-refractivity contribution is -0.124. The molecule has 2 aromatic rings. The number of carbonyl (C=O) groups is 1. The summed E-state index contributed by atoms with van der Waals surface area (Å²) in [6, 6.07) is 8.30. The van der Waals surface area contributed by atoms with E-state index in [2.05, 4.69) is 28.4 Å². The summed E-state index contributed by atoms with van der Waals surface area (Å²) in [7, 11) is 0. The molecule has 0 spiro atoms. The number of carbonyl (C=O) groups excluding carboxylic acids is 1. The van der Waals surface area contributed by atoms with Gasteiger partial charge >= 0.3 is 0 Å². The summed E-state index contributed by atoms with van der Waals surface area (Å²) in [5, 5.41) is 4.19.